The van der Waals surface area contributed by atoms with Crippen molar-refractivity contribution >= 4 is 17.0 Å². The fourth-order valence-corrected chi connectivity index (χ4v) is 2.82. The molecule has 26 heavy (non-hydrogen) atoms. The number of nitrogens with one attached hydrogen (secondary N) is 3. The second-order valence-electron chi connectivity index (χ2n) is 5.98. The van der Waals surface area contributed by atoms with Gasteiger partial charge in [-0.15, -0.1) is 0 Å². The van der Waals surface area contributed by atoms with E-state index in [9.17, 15) is 0 Å². The first-order valence-electron chi connectivity index (χ1n) is 8.52. The summed E-state index contributed by atoms with van der Waals surface area (Å²) in [5, 5.41) is 14.1. The molecule has 0 bridgehead atoms. The largest absolute Gasteiger partial charge is 0.496 e. The van der Waals surface area contributed by atoms with Crippen LogP contribution in [0.2, 0.25) is 0 Å². The summed E-state index contributed by atoms with van der Waals surface area (Å²) >= 11 is 0. The molecular formula is C21H27N3O2. The predicted octanol–water partition coefficient (Wildman–Crippen LogP) is 4.22. The highest BCUT2D eigenvalue weighted by atomic mass is 16.5. The number of benzene rings is 2. The Labute approximate surface area is 155 Å². The van der Waals surface area contributed by atoms with Gasteiger partial charge in [-0.1, -0.05) is 12.1 Å². The van der Waals surface area contributed by atoms with Crippen LogP contribution in [-0.2, 0) is 6.61 Å². The van der Waals surface area contributed by atoms with Crippen LogP contribution in [0.25, 0.3) is 5.57 Å². The van der Waals surface area contributed by atoms with Crippen LogP contribution >= 0.6 is 0 Å². The average Bonchev–Trinajstić information content (AvgIpc) is 2.64. The second kappa shape index (κ2) is 8.94. The molecule has 0 saturated carbocycles. The van der Waals surface area contributed by atoms with E-state index in [2.05, 4.69) is 10.6 Å². The minimum atomic E-state index is 0.406. The number of ether oxygens (including phenoxy) is 2. The molecule has 2 aromatic rings. The number of methoxy groups -OCH3 is 1. The molecule has 138 valence electrons. The van der Waals surface area contributed by atoms with Crippen molar-refractivity contribution in [1.82, 2.24) is 5.32 Å². The van der Waals surface area contributed by atoms with Gasteiger partial charge < -0.3 is 25.5 Å². The number of rotatable bonds is 8. The fraction of sp³-hybridized carbons (Fsp3) is 0.286. The van der Waals surface area contributed by atoms with E-state index < -0.39 is 0 Å². The number of hydrogen-bond acceptors (Lipinski definition) is 5. The van der Waals surface area contributed by atoms with E-state index in [-0.39, 0.29) is 0 Å². The zero-order chi connectivity index (χ0) is 19.1. The van der Waals surface area contributed by atoms with Gasteiger partial charge in [0.25, 0.3) is 0 Å². The van der Waals surface area contributed by atoms with Crippen LogP contribution in [0.15, 0.2) is 42.6 Å². The molecule has 0 radical (unpaired) electrons. The fourth-order valence-electron chi connectivity index (χ4n) is 2.82. The van der Waals surface area contributed by atoms with E-state index in [1.807, 2.05) is 63.6 Å². The molecule has 0 amide bonds. The first-order chi connectivity index (χ1) is 12.5. The van der Waals surface area contributed by atoms with Crippen LogP contribution in [0.3, 0.4) is 0 Å². The lowest BCUT2D eigenvalue weighted by molar-refractivity contribution is 0.295. The van der Waals surface area contributed by atoms with Crippen molar-refractivity contribution < 1.29 is 9.47 Å². The summed E-state index contributed by atoms with van der Waals surface area (Å²) in [6, 6.07) is 11.8. The van der Waals surface area contributed by atoms with Crippen LogP contribution in [0.1, 0.15) is 23.6 Å². The van der Waals surface area contributed by atoms with E-state index in [1.165, 1.54) is 0 Å². The van der Waals surface area contributed by atoms with Gasteiger partial charge in [0.15, 0.2) is 0 Å². The van der Waals surface area contributed by atoms with Gasteiger partial charge in [-0.3, -0.25) is 0 Å². The highest BCUT2D eigenvalue weighted by Gasteiger charge is 2.11. The number of hydrogen-bond donors (Lipinski definition) is 3. The first kappa shape index (κ1) is 19.4. The van der Waals surface area contributed by atoms with Gasteiger partial charge in [-0.05, 0) is 49.2 Å². The Morgan fingerprint density at radius 2 is 1.92 bits per heavy atom. The Kier molecular flexibility index (Phi) is 6.67. The average molecular weight is 353 g/mol. The zero-order valence-corrected chi connectivity index (χ0v) is 16.1. The molecular weight excluding hydrogens is 326 g/mol. The maximum absolute atomic E-state index is 7.94. The minimum absolute atomic E-state index is 0.406. The maximum atomic E-state index is 7.94. The summed E-state index contributed by atoms with van der Waals surface area (Å²) in [6.45, 7) is 4.20. The van der Waals surface area contributed by atoms with Gasteiger partial charge >= 0.3 is 0 Å². The molecule has 0 aliphatic carbocycles. The highest BCUT2D eigenvalue weighted by Crippen LogP contribution is 2.29. The minimum Gasteiger partial charge on any atom is -0.496 e. The van der Waals surface area contributed by atoms with E-state index in [1.54, 1.807) is 14.0 Å². The van der Waals surface area contributed by atoms with Crippen LogP contribution in [0, 0.1) is 12.3 Å². The Hall–Kier alpha value is -2.95. The summed E-state index contributed by atoms with van der Waals surface area (Å²) in [5.41, 5.74) is 5.35. The van der Waals surface area contributed by atoms with Gasteiger partial charge in [0.1, 0.15) is 18.1 Å². The summed E-state index contributed by atoms with van der Waals surface area (Å²) < 4.78 is 11.5. The van der Waals surface area contributed by atoms with Crippen LogP contribution in [-0.4, -0.2) is 26.9 Å². The lowest BCUT2D eigenvalue weighted by atomic mass is 10.0. The van der Waals surface area contributed by atoms with Gasteiger partial charge in [-0.2, -0.15) is 0 Å². The standard InChI is InChI=1S/C21H27N3O2/c1-14-11-16(17(12-23-3)15(2)22)9-10-20(14)26-13-18-19(24-4)7-6-8-21(18)25-5/h6-12,22-24H,13H2,1-5H3/b17-12+,22-15?. The maximum Gasteiger partial charge on any atom is 0.127 e. The molecule has 0 aliphatic heterocycles. The van der Waals surface area contributed by atoms with Crippen molar-refractivity contribution in [1.29, 1.82) is 5.41 Å². The predicted molar refractivity (Wildman–Crippen MR) is 108 cm³/mol. The van der Waals surface area contributed by atoms with Crippen molar-refractivity contribution in [2.24, 2.45) is 0 Å². The number of aryl methyl sites for hydroxylation is 1. The molecule has 0 saturated heterocycles. The molecule has 0 atom stereocenters. The highest BCUT2D eigenvalue weighted by molar-refractivity contribution is 6.21. The molecule has 5 heteroatoms. The molecule has 2 rings (SSSR count). The van der Waals surface area contributed by atoms with Crippen molar-refractivity contribution in [3.63, 3.8) is 0 Å². The third-order valence-electron chi connectivity index (χ3n) is 4.17. The smallest absolute Gasteiger partial charge is 0.127 e. The number of anilines is 1. The molecule has 2 aromatic carbocycles. The van der Waals surface area contributed by atoms with Gasteiger partial charge in [0.2, 0.25) is 0 Å². The third-order valence-corrected chi connectivity index (χ3v) is 4.17. The topological polar surface area (TPSA) is 66.4 Å². The molecule has 0 spiro atoms. The van der Waals surface area contributed by atoms with Crippen molar-refractivity contribution in [3.8, 4) is 11.5 Å². The molecule has 3 N–H and O–H groups in total. The normalized spacial score (nSPS) is 11.0. The van der Waals surface area contributed by atoms with Crippen LogP contribution < -0.4 is 20.1 Å². The Morgan fingerprint density at radius 1 is 1.15 bits per heavy atom. The Morgan fingerprint density at radius 3 is 2.50 bits per heavy atom. The van der Waals surface area contributed by atoms with Crippen molar-refractivity contribution in [2.75, 3.05) is 26.5 Å². The number of allylic oxidation sites excluding steroid dienone is 1. The van der Waals surface area contributed by atoms with E-state index in [0.717, 1.165) is 39.4 Å². The van der Waals surface area contributed by atoms with E-state index >= 15 is 0 Å². The van der Waals surface area contributed by atoms with Crippen molar-refractivity contribution in [3.05, 3.63) is 59.3 Å². The summed E-state index contributed by atoms with van der Waals surface area (Å²) in [7, 11) is 5.38. The SMILES string of the molecule is CN/C=C(\C(C)=N)c1ccc(OCc2c(NC)cccc2OC)c(C)c1. The van der Waals surface area contributed by atoms with Crippen LogP contribution in [0.5, 0.6) is 11.5 Å². The Bertz CT molecular complexity index is 791. The molecule has 0 aliphatic rings. The van der Waals surface area contributed by atoms with Gasteiger partial charge in [0.05, 0.1) is 12.7 Å². The van der Waals surface area contributed by atoms with Gasteiger partial charge in [0, 0.05) is 37.3 Å². The summed E-state index contributed by atoms with van der Waals surface area (Å²) in [6.07, 6.45) is 1.84. The third kappa shape index (κ3) is 4.36. The monoisotopic (exact) mass is 353 g/mol. The molecule has 0 unspecified atom stereocenters. The zero-order valence-electron chi connectivity index (χ0n) is 16.1. The lowest BCUT2D eigenvalue weighted by Crippen LogP contribution is -2.05. The first-order valence-corrected chi connectivity index (χ1v) is 8.52. The lowest BCUT2D eigenvalue weighted by Gasteiger charge is -2.16. The Balaban J connectivity index is 2.25. The quantitative estimate of drug-likeness (QED) is 0.622. The van der Waals surface area contributed by atoms with Crippen molar-refractivity contribution in [2.45, 2.75) is 20.5 Å². The van der Waals surface area contributed by atoms with E-state index in [0.29, 0.717) is 12.3 Å². The molecule has 0 aromatic heterocycles. The van der Waals surface area contributed by atoms with Gasteiger partial charge in [-0.25, -0.2) is 0 Å². The molecule has 0 fully saturated rings. The summed E-state index contributed by atoms with van der Waals surface area (Å²) in [5.74, 6) is 1.61. The summed E-state index contributed by atoms with van der Waals surface area (Å²) in [4.78, 5) is 0. The van der Waals surface area contributed by atoms with E-state index in [4.69, 9.17) is 14.9 Å². The molecule has 0 heterocycles. The molecule has 5 nitrogen and oxygen atoms in total. The second-order valence-corrected chi connectivity index (χ2v) is 5.98. The van der Waals surface area contributed by atoms with Crippen LogP contribution in [0.4, 0.5) is 5.69 Å².